The van der Waals surface area contributed by atoms with Crippen LogP contribution >= 0.6 is 0 Å². The van der Waals surface area contributed by atoms with Crippen LogP contribution in [0.2, 0.25) is 0 Å². The Bertz CT molecular complexity index is 373. The summed E-state index contributed by atoms with van der Waals surface area (Å²) in [5, 5.41) is 7.42. The van der Waals surface area contributed by atoms with E-state index in [1.807, 2.05) is 4.68 Å². The third-order valence-corrected chi connectivity index (χ3v) is 2.38. The Hall–Kier alpha value is -1.52. The van der Waals surface area contributed by atoms with E-state index in [1.165, 1.54) is 0 Å². The first kappa shape index (κ1) is 10.0. The van der Waals surface area contributed by atoms with Crippen LogP contribution in [-0.4, -0.2) is 28.9 Å². The Labute approximate surface area is 88.4 Å². The summed E-state index contributed by atoms with van der Waals surface area (Å²) in [6, 6.07) is 1.74. The summed E-state index contributed by atoms with van der Waals surface area (Å²) in [6.07, 6.45) is 0. The number of carbonyl (C=O) groups is 1. The van der Waals surface area contributed by atoms with Crippen LogP contribution in [0, 0.1) is 5.92 Å². The van der Waals surface area contributed by atoms with Crippen LogP contribution in [0.25, 0.3) is 0 Å². The zero-order chi connectivity index (χ0) is 10.8. The Morgan fingerprint density at radius 1 is 1.80 bits per heavy atom. The largest absolute Gasteiger partial charge is 0.461 e. The summed E-state index contributed by atoms with van der Waals surface area (Å²) in [7, 11) is 0. The van der Waals surface area contributed by atoms with E-state index in [0.717, 1.165) is 18.9 Å². The number of hydrogen-bond acceptors (Lipinski definition) is 4. The number of nitrogens with zero attached hydrogens (tertiary/aromatic N) is 2. The number of ether oxygens (including phenoxy) is 1. The maximum atomic E-state index is 11.4. The normalized spacial score (nSPS) is 19.2. The highest BCUT2D eigenvalue weighted by Crippen LogP contribution is 2.18. The van der Waals surface area contributed by atoms with E-state index in [1.54, 1.807) is 13.0 Å². The molecule has 0 aromatic carbocycles. The number of carbonyl (C=O) groups excluding carboxylic acids is 1. The van der Waals surface area contributed by atoms with Crippen LogP contribution in [0.1, 0.15) is 24.3 Å². The molecule has 5 nitrogen and oxygen atoms in total. The van der Waals surface area contributed by atoms with Gasteiger partial charge in [0.05, 0.1) is 6.61 Å². The Morgan fingerprint density at radius 2 is 2.60 bits per heavy atom. The molecule has 15 heavy (non-hydrogen) atoms. The predicted octanol–water partition coefficient (Wildman–Crippen LogP) is 1.12. The summed E-state index contributed by atoms with van der Waals surface area (Å²) >= 11 is 0. The molecular formula is C10H15N3O2. The molecule has 0 aliphatic carbocycles. The molecule has 1 aromatic rings. The fourth-order valence-corrected chi connectivity index (χ4v) is 1.64. The molecule has 82 valence electrons. The van der Waals surface area contributed by atoms with Crippen molar-refractivity contribution in [1.82, 2.24) is 9.78 Å². The summed E-state index contributed by atoms with van der Waals surface area (Å²) in [4.78, 5) is 11.4. The maximum Gasteiger partial charge on any atom is 0.358 e. The van der Waals surface area contributed by atoms with Crippen LogP contribution in [0.3, 0.4) is 0 Å². The molecular weight excluding hydrogens is 194 g/mol. The molecule has 0 spiro atoms. The molecule has 0 radical (unpaired) electrons. The van der Waals surface area contributed by atoms with Gasteiger partial charge in [0.2, 0.25) is 0 Å². The number of fused-ring (bicyclic) bond motifs is 1. The SMILES string of the molecule is CCOC(=O)c1cc2n(n1)CC(C)CN2. The first-order chi connectivity index (χ1) is 7.20. The van der Waals surface area contributed by atoms with Crippen molar-refractivity contribution < 1.29 is 9.53 Å². The molecule has 1 atom stereocenters. The van der Waals surface area contributed by atoms with Gasteiger partial charge in [-0.15, -0.1) is 0 Å². The minimum atomic E-state index is -0.353. The van der Waals surface area contributed by atoms with Crippen molar-refractivity contribution in [1.29, 1.82) is 0 Å². The number of nitrogens with one attached hydrogen (secondary N) is 1. The molecule has 1 unspecified atom stereocenters. The molecule has 0 bridgehead atoms. The third-order valence-electron chi connectivity index (χ3n) is 2.38. The van der Waals surface area contributed by atoms with Crippen molar-refractivity contribution >= 4 is 11.8 Å². The van der Waals surface area contributed by atoms with Crippen molar-refractivity contribution in [3.63, 3.8) is 0 Å². The lowest BCUT2D eigenvalue weighted by molar-refractivity contribution is 0.0518. The van der Waals surface area contributed by atoms with Crippen LogP contribution < -0.4 is 5.32 Å². The Kier molecular flexibility index (Phi) is 2.62. The quantitative estimate of drug-likeness (QED) is 0.742. The molecule has 0 amide bonds. The topological polar surface area (TPSA) is 56.2 Å². The predicted molar refractivity (Wildman–Crippen MR) is 55.8 cm³/mol. The highest BCUT2D eigenvalue weighted by Gasteiger charge is 2.19. The van der Waals surface area contributed by atoms with E-state index in [2.05, 4.69) is 17.3 Å². The highest BCUT2D eigenvalue weighted by molar-refractivity contribution is 5.88. The van der Waals surface area contributed by atoms with Gasteiger partial charge in [0.1, 0.15) is 5.82 Å². The van der Waals surface area contributed by atoms with Gasteiger partial charge in [-0.1, -0.05) is 6.92 Å². The van der Waals surface area contributed by atoms with Crippen molar-refractivity contribution in [2.75, 3.05) is 18.5 Å². The molecule has 1 aliphatic rings. The lowest BCUT2D eigenvalue weighted by Gasteiger charge is -2.21. The van der Waals surface area contributed by atoms with Crippen LogP contribution in [0.5, 0.6) is 0 Å². The van der Waals surface area contributed by atoms with Crippen LogP contribution in [-0.2, 0) is 11.3 Å². The van der Waals surface area contributed by atoms with Gasteiger partial charge in [-0.25, -0.2) is 9.48 Å². The lowest BCUT2D eigenvalue weighted by atomic mass is 10.1. The van der Waals surface area contributed by atoms with E-state index in [4.69, 9.17) is 4.74 Å². The monoisotopic (exact) mass is 209 g/mol. The number of aromatic nitrogens is 2. The van der Waals surface area contributed by atoms with Gasteiger partial charge in [-0.3, -0.25) is 0 Å². The van der Waals surface area contributed by atoms with E-state index >= 15 is 0 Å². The third kappa shape index (κ3) is 1.95. The van der Waals surface area contributed by atoms with E-state index in [0.29, 0.717) is 18.2 Å². The van der Waals surface area contributed by atoms with Crippen molar-refractivity contribution in [3.8, 4) is 0 Å². The first-order valence-electron chi connectivity index (χ1n) is 5.19. The smallest absolute Gasteiger partial charge is 0.358 e. The lowest BCUT2D eigenvalue weighted by Crippen LogP contribution is -2.25. The number of anilines is 1. The van der Waals surface area contributed by atoms with Crippen LogP contribution in [0.4, 0.5) is 5.82 Å². The molecule has 5 heteroatoms. The second-order valence-corrected chi connectivity index (χ2v) is 3.80. The fourth-order valence-electron chi connectivity index (χ4n) is 1.64. The Balaban J connectivity index is 2.19. The first-order valence-corrected chi connectivity index (χ1v) is 5.19. The second kappa shape index (κ2) is 3.92. The number of esters is 1. The molecule has 0 saturated carbocycles. The van der Waals surface area contributed by atoms with Gasteiger partial charge in [0.15, 0.2) is 5.69 Å². The van der Waals surface area contributed by atoms with Gasteiger partial charge >= 0.3 is 5.97 Å². The van der Waals surface area contributed by atoms with Gasteiger partial charge in [-0.2, -0.15) is 5.10 Å². The summed E-state index contributed by atoms with van der Waals surface area (Å²) < 4.78 is 6.71. The number of rotatable bonds is 2. The fraction of sp³-hybridized carbons (Fsp3) is 0.600. The zero-order valence-corrected chi connectivity index (χ0v) is 8.99. The summed E-state index contributed by atoms with van der Waals surface area (Å²) in [5.41, 5.74) is 0.383. The zero-order valence-electron chi connectivity index (χ0n) is 8.99. The van der Waals surface area contributed by atoms with E-state index in [-0.39, 0.29) is 5.97 Å². The molecule has 2 heterocycles. The molecule has 0 fully saturated rings. The minimum absolute atomic E-state index is 0.353. The summed E-state index contributed by atoms with van der Waals surface area (Å²) in [5.74, 6) is 1.08. The average Bonchev–Trinajstić information content (AvgIpc) is 2.60. The van der Waals surface area contributed by atoms with Gasteiger partial charge in [0, 0.05) is 19.2 Å². The Morgan fingerprint density at radius 3 is 3.33 bits per heavy atom. The molecule has 0 saturated heterocycles. The van der Waals surface area contributed by atoms with Gasteiger partial charge in [0.25, 0.3) is 0 Å². The summed E-state index contributed by atoms with van der Waals surface area (Å²) in [6.45, 7) is 6.08. The molecule has 1 aliphatic heterocycles. The second-order valence-electron chi connectivity index (χ2n) is 3.80. The van der Waals surface area contributed by atoms with E-state index in [9.17, 15) is 4.79 Å². The van der Waals surface area contributed by atoms with Crippen molar-refractivity contribution in [2.45, 2.75) is 20.4 Å². The van der Waals surface area contributed by atoms with Crippen molar-refractivity contribution in [3.05, 3.63) is 11.8 Å². The molecule has 2 rings (SSSR count). The van der Waals surface area contributed by atoms with Gasteiger partial charge in [-0.05, 0) is 12.8 Å². The van der Waals surface area contributed by atoms with Gasteiger partial charge < -0.3 is 10.1 Å². The maximum absolute atomic E-state index is 11.4. The standard InChI is InChI=1S/C10H15N3O2/c1-3-15-10(14)8-4-9-11-5-7(2)6-13(9)12-8/h4,7,11H,3,5-6H2,1-2H3. The van der Waals surface area contributed by atoms with Crippen molar-refractivity contribution in [2.24, 2.45) is 5.92 Å². The molecule has 1 aromatic heterocycles. The van der Waals surface area contributed by atoms with E-state index < -0.39 is 0 Å². The molecule has 1 N–H and O–H groups in total. The average molecular weight is 209 g/mol. The minimum Gasteiger partial charge on any atom is -0.461 e. The highest BCUT2D eigenvalue weighted by atomic mass is 16.5. The van der Waals surface area contributed by atoms with Crippen LogP contribution in [0.15, 0.2) is 6.07 Å². The number of hydrogen-bond donors (Lipinski definition) is 1.